The molecule has 0 aromatic heterocycles. The van der Waals surface area contributed by atoms with Crippen molar-refractivity contribution in [1.82, 2.24) is 0 Å². The largest absolute Gasteiger partial charge is 0.390 e. The van der Waals surface area contributed by atoms with Gasteiger partial charge in [0.05, 0.1) is 11.7 Å². The van der Waals surface area contributed by atoms with Crippen LogP contribution in [0.15, 0.2) is 0 Å². The first-order valence-electron chi connectivity index (χ1n) is 6.46. The maximum atomic E-state index is 9.97. The van der Waals surface area contributed by atoms with Gasteiger partial charge in [0.15, 0.2) is 0 Å². The molecule has 3 fully saturated rings. The van der Waals surface area contributed by atoms with Gasteiger partial charge in [-0.25, -0.2) is 0 Å². The van der Waals surface area contributed by atoms with E-state index < -0.39 is 0 Å². The molecule has 0 amide bonds. The fourth-order valence-electron chi connectivity index (χ4n) is 3.56. The van der Waals surface area contributed by atoms with Crippen LogP contribution in [0, 0.1) is 17.8 Å². The molecule has 0 heterocycles. The summed E-state index contributed by atoms with van der Waals surface area (Å²) in [7, 11) is 0. The van der Waals surface area contributed by atoms with Gasteiger partial charge in [0, 0.05) is 6.61 Å². The Bertz CT molecular complexity index is 229. The maximum Gasteiger partial charge on any atom is 0.0625 e. The van der Waals surface area contributed by atoms with Gasteiger partial charge >= 0.3 is 0 Å². The van der Waals surface area contributed by atoms with Crippen LogP contribution < -0.4 is 0 Å². The topological polar surface area (TPSA) is 29.5 Å². The van der Waals surface area contributed by atoms with Gasteiger partial charge in [0.1, 0.15) is 0 Å². The van der Waals surface area contributed by atoms with Crippen LogP contribution in [-0.4, -0.2) is 23.4 Å². The van der Waals surface area contributed by atoms with E-state index >= 15 is 0 Å². The van der Waals surface area contributed by atoms with Crippen molar-refractivity contribution < 1.29 is 9.84 Å². The molecule has 3 aliphatic rings. The molecule has 0 bridgehead atoms. The SMILES string of the molecule is CC1(O)C[C@H]2CC(OCC3CC3)C[C@H]2C1. The first-order valence-corrected chi connectivity index (χ1v) is 6.46. The minimum Gasteiger partial charge on any atom is -0.390 e. The third kappa shape index (κ3) is 2.21. The maximum absolute atomic E-state index is 9.97. The molecule has 2 unspecified atom stereocenters. The second-order valence-corrected chi connectivity index (χ2v) is 6.30. The van der Waals surface area contributed by atoms with E-state index in [2.05, 4.69) is 0 Å². The van der Waals surface area contributed by atoms with Gasteiger partial charge in [-0.3, -0.25) is 0 Å². The molecule has 3 rings (SSSR count). The summed E-state index contributed by atoms with van der Waals surface area (Å²) in [6, 6.07) is 0. The summed E-state index contributed by atoms with van der Waals surface area (Å²) in [5.74, 6) is 2.36. The highest BCUT2D eigenvalue weighted by Gasteiger charge is 2.46. The van der Waals surface area contributed by atoms with Crippen LogP contribution in [0.25, 0.3) is 0 Å². The van der Waals surface area contributed by atoms with E-state index in [1.165, 1.54) is 25.7 Å². The molecule has 3 saturated carbocycles. The van der Waals surface area contributed by atoms with Crippen LogP contribution in [0.3, 0.4) is 0 Å². The van der Waals surface area contributed by atoms with Crippen molar-refractivity contribution in [3.63, 3.8) is 0 Å². The summed E-state index contributed by atoms with van der Waals surface area (Å²) in [6.07, 6.45) is 7.68. The second kappa shape index (κ2) is 3.46. The molecule has 2 heteroatoms. The van der Waals surface area contributed by atoms with Crippen molar-refractivity contribution in [3.05, 3.63) is 0 Å². The van der Waals surface area contributed by atoms with Crippen LogP contribution >= 0.6 is 0 Å². The summed E-state index contributed by atoms with van der Waals surface area (Å²) < 4.78 is 5.95. The molecular weight excluding hydrogens is 188 g/mol. The van der Waals surface area contributed by atoms with E-state index in [4.69, 9.17) is 4.74 Å². The van der Waals surface area contributed by atoms with Crippen LogP contribution in [0.4, 0.5) is 0 Å². The molecule has 3 aliphatic carbocycles. The fourth-order valence-corrected chi connectivity index (χ4v) is 3.56. The summed E-state index contributed by atoms with van der Waals surface area (Å²) in [5, 5.41) is 9.97. The Labute approximate surface area is 92.0 Å². The minimum absolute atomic E-state index is 0.378. The van der Waals surface area contributed by atoms with E-state index in [0.29, 0.717) is 6.10 Å². The predicted octanol–water partition coefficient (Wildman–Crippen LogP) is 2.35. The lowest BCUT2D eigenvalue weighted by molar-refractivity contribution is 0.0240. The standard InChI is InChI=1S/C13H22O2/c1-13(14)6-10-4-12(5-11(10)7-13)15-8-9-2-3-9/h9-12,14H,2-8H2,1H3/t10-,11+,12?,13?. The van der Waals surface area contributed by atoms with E-state index in [1.807, 2.05) is 6.92 Å². The summed E-state index contributed by atoms with van der Waals surface area (Å²) in [4.78, 5) is 0. The first kappa shape index (κ1) is 10.1. The molecule has 86 valence electrons. The Morgan fingerprint density at radius 1 is 1.20 bits per heavy atom. The zero-order chi connectivity index (χ0) is 10.5. The Hall–Kier alpha value is -0.0800. The van der Waals surface area contributed by atoms with Crippen molar-refractivity contribution >= 4 is 0 Å². The van der Waals surface area contributed by atoms with Crippen molar-refractivity contribution in [2.45, 2.75) is 57.2 Å². The van der Waals surface area contributed by atoms with Gasteiger partial charge in [-0.1, -0.05) is 0 Å². The number of rotatable bonds is 3. The van der Waals surface area contributed by atoms with Crippen LogP contribution in [0.5, 0.6) is 0 Å². The number of ether oxygens (including phenoxy) is 1. The molecule has 0 aromatic rings. The quantitative estimate of drug-likeness (QED) is 0.775. The monoisotopic (exact) mass is 210 g/mol. The van der Waals surface area contributed by atoms with Gasteiger partial charge in [-0.2, -0.15) is 0 Å². The Morgan fingerprint density at radius 3 is 2.33 bits per heavy atom. The fraction of sp³-hybridized carbons (Fsp3) is 1.00. The number of fused-ring (bicyclic) bond motifs is 1. The van der Waals surface area contributed by atoms with Gasteiger partial charge in [0.25, 0.3) is 0 Å². The molecule has 0 aliphatic heterocycles. The second-order valence-electron chi connectivity index (χ2n) is 6.30. The first-order chi connectivity index (χ1) is 7.12. The van der Waals surface area contributed by atoms with Gasteiger partial charge in [0.2, 0.25) is 0 Å². The highest BCUT2D eigenvalue weighted by molar-refractivity contribution is 4.97. The zero-order valence-corrected chi connectivity index (χ0v) is 9.61. The molecule has 15 heavy (non-hydrogen) atoms. The summed E-state index contributed by atoms with van der Waals surface area (Å²) in [6.45, 7) is 2.99. The van der Waals surface area contributed by atoms with Gasteiger partial charge in [-0.15, -0.1) is 0 Å². The molecule has 0 aromatic carbocycles. The van der Waals surface area contributed by atoms with E-state index in [-0.39, 0.29) is 5.60 Å². The molecule has 1 N–H and O–H groups in total. The molecule has 0 radical (unpaired) electrons. The molecule has 0 spiro atoms. The number of hydrogen-bond acceptors (Lipinski definition) is 2. The predicted molar refractivity (Wildman–Crippen MR) is 58.5 cm³/mol. The number of hydrogen-bond donors (Lipinski definition) is 1. The van der Waals surface area contributed by atoms with Crippen LogP contribution in [-0.2, 0) is 4.74 Å². The van der Waals surface area contributed by atoms with Crippen molar-refractivity contribution in [1.29, 1.82) is 0 Å². The lowest BCUT2D eigenvalue weighted by Gasteiger charge is -2.19. The van der Waals surface area contributed by atoms with E-state index in [0.717, 1.165) is 37.2 Å². The van der Waals surface area contributed by atoms with Crippen molar-refractivity contribution in [2.75, 3.05) is 6.61 Å². The van der Waals surface area contributed by atoms with Gasteiger partial charge < -0.3 is 9.84 Å². The Balaban J connectivity index is 1.48. The Morgan fingerprint density at radius 2 is 1.80 bits per heavy atom. The third-order valence-corrected chi connectivity index (χ3v) is 4.47. The lowest BCUT2D eigenvalue weighted by Crippen LogP contribution is -2.22. The highest BCUT2D eigenvalue weighted by Crippen LogP contribution is 2.49. The molecule has 4 atom stereocenters. The van der Waals surface area contributed by atoms with Crippen molar-refractivity contribution in [3.8, 4) is 0 Å². The smallest absolute Gasteiger partial charge is 0.0625 e. The zero-order valence-electron chi connectivity index (χ0n) is 9.61. The van der Waals surface area contributed by atoms with E-state index in [9.17, 15) is 5.11 Å². The van der Waals surface area contributed by atoms with E-state index in [1.54, 1.807) is 0 Å². The summed E-state index contributed by atoms with van der Waals surface area (Å²) >= 11 is 0. The third-order valence-electron chi connectivity index (χ3n) is 4.47. The Kier molecular flexibility index (Phi) is 2.33. The minimum atomic E-state index is -0.378. The highest BCUT2D eigenvalue weighted by atomic mass is 16.5. The average Bonchev–Trinajstić information content (AvgIpc) is 2.82. The lowest BCUT2D eigenvalue weighted by atomic mass is 10.0. The molecular formula is C13H22O2. The normalized spacial score (nSPS) is 49.6. The van der Waals surface area contributed by atoms with Crippen LogP contribution in [0.2, 0.25) is 0 Å². The van der Waals surface area contributed by atoms with Crippen molar-refractivity contribution in [2.24, 2.45) is 17.8 Å². The average molecular weight is 210 g/mol. The number of aliphatic hydroxyl groups is 1. The molecule has 0 saturated heterocycles. The molecule has 2 nitrogen and oxygen atoms in total. The summed E-state index contributed by atoms with van der Waals surface area (Å²) in [5.41, 5.74) is -0.378. The van der Waals surface area contributed by atoms with Crippen LogP contribution in [0.1, 0.15) is 45.4 Å². The van der Waals surface area contributed by atoms with Gasteiger partial charge in [-0.05, 0) is 63.2 Å².